The molecular formula is C16H24BrNO2. The topological polar surface area (TPSA) is 30.5 Å². The van der Waals surface area contributed by atoms with Gasteiger partial charge in [0, 0.05) is 22.7 Å². The predicted molar refractivity (Wildman–Crippen MR) is 85.3 cm³/mol. The highest BCUT2D eigenvalue weighted by atomic mass is 79.9. The summed E-state index contributed by atoms with van der Waals surface area (Å²) in [4.78, 5) is 0. The number of rotatable bonds is 7. The molecule has 1 aliphatic heterocycles. The summed E-state index contributed by atoms with van der Waals surface area (Å²) < 4.78 is 12.7. The van der Waals surface area contributed by atoms with Gasteiger partial charge in [0.25, 0.3) is 0 Å². The lowest BCUT2D eigenvalue weighted by molar-refractivity contribution is 0.0944. The van der Waals surface area contributed by atoms with E-state index >= 15 is 0 Å². The summed E-state index contributed by atoms with van der Waals surface area (Å²) in [6.45, 7) is 6.69. The molecule has 3 nitrogen and oxygen atoms in total. The second-order valence-corrected chi connectivity index (χ2v) is 6.01. The minimum Gasteiger partial charge on any atom is -0.494 e. The second kappa shape index (κ2) is 8.01. The molecule has 0 saturated carbocycles. The predicted octanol–water partition coefficient (Wildman–Crippen LogP) is 4.07. The summed E-state index contributed by atoms with van der Waals surface area (Å²) >= 11 is 3.56. The van der Waals surface area contributed by atoms with E-state index in [1.165, 1.54) is 18.4 Å². The fourth-order valence-electron chi connectivity index (χ4n) is 2.74. The summed E-state index contributed by atoms with van der Waals surface area (Å²) in [5, 5.41) is 3.57. The van der Waals surface area contributed by atoms with Crippen molar-refractivity contribution in [3.8, 4) is 5.75 Å². The van der Waals surface area contributed by atoms with Crippen molar-refractivity contribution in [2.75, 3.05) is 19.8 Å². The lowest BCUT2D eigenvalue weighted by Gasteiger charge is -2.24. The van der Waals surface area contributed by atoms with Crippen molar-refractivity contribution >= 4 is 15.9 Å². The Hall–Kier alpha value is -0.580. The molecule has 2 unspecified atom stereocenters. The van der Waals surface area contributed by atoms with Crippen LogP contribution in [0.15, 0.2) is 22.7 Å². The Morgan fingerprint density at radius 2 is 2.30 bits per heavy atom. The highest BCUT2D eigenvalue weighted by molar-refractivity contribution is 9.10. The Labute approximate surface area is 130 Å². The van der Waals surface area contributed by atoms with Crippen LogP contribution in [0.5, 0.6) is 5.75 Å². The van der Waals surface area contributed by atoms with Gasteiger partial charge in [-0.25, -0.2) is 0 Å². The van der Waals surface area contributed by atoms with Crippen molar-refractivity contribution in [3.63, 3.8) is 0 Å². The van der Waals surface area contributed by atoms with Crippen LogP contribution in [0.25, 0.3) is 0 Å². The van der Waals surface area contributed by atoms with E-state index in [9.17, 15) is 0 Å². The van der Waals surface area contributed by atoms with Gasteiger partial charge in [-0.2, -0.15) is 0 Å². The van der Waals surface area contributed by atoms with E-state index in [0.29, 0.717) is 12.7 Å². The zero-order chi connectivity index (χ0) is 14.4. The maximum Gasteiger partial charge on any atom is 0.124 e. The monoisotopic (exact) mass is 341 g/mol. The number of halogens is 1. The first kappa shape index (κ1) is 15.8. The highest BCUT2D eigenvalue weighted by Gasteiger charge is 2.23. The molecule has 1 fully saturated rings. The molecular weight excluding hydrogens is 318 g/mol. The third kappa shape index (κ3) is 4.21. The number of benzene rings is 1. The second-order valence-electron chi connectivity index (χ2n) is 5.10. The van der Waals surface area contributed by atoms with E-state index in [4.69, 9.17) is 9.47 Å². The fraction of sp³-hybridized carbons (Fsp3) is 0.625. The third-order valence-corrected chi connectivity index (χ3v) is 4.11. The van der Waals surface area contributed by atoms with Crippen LogP contribution in [0.2, 0.25) is 0 Å². The molecule has 0 aliphatic carbocycles. The Bertz CT molecular complexity index is 419. The minimum atomic E-state index is 0.280. The minimum absolute atomic E-state index is 0.280. The first-order valence-electron chi connectivity index (χ1n) is 7.51. The van der Waals surface area contributed by atoms with Gasteiger partial charge in [0.05, 0.1) is 12.7 Å². The van der Waals surface area contributed by atoms with Crippen LogP contribution in [-0.4, -0.2) is 25.9 Å². The lowest BCUT2D eigenvalue weighted by atomic mass is 9.98. The van der Waals surface area contributed by atoms with Gasteiger partial charge in [-0.1, -0.05) is 22.9 Å². The Morgan fingerprint density at radius 1 is 1.45 bits per heavy atom. The van der Waals surface area contributed by atoms with Crippen LogP contribution in [0.1, 0.15) is 44.7 Å². The van der Waals surface area contributed by atoms with E-state index in [-0.39, 0.29) is 6.04 Å². The van der Waals surface area contributed by atoms with E-state index in [1.807, 2.05) is 19.1 Å². The molecule has 2 rings (SSSR count). The molecule has 1 saturated heterocycles. The number of hydrogen-bond acceptors (Lipinski definition) is 3. The summed E-state index contributed by atoms with van der Waals surface area (Å²) in [7, 11) is 0. The molecule has 4 heteroatoms. The molecule has 1 heterocycles. The maximum absolute atomic E-state index is 5.79. The van der Waals surface area contributed by atoms with Crippen molar-refractivity contribution in [3.05, 3.63) is 28.2 Å². The van der Waals surface area contributed by atoms with Gasteiger partial charge < -0.3 is 14.8 Å². The van der Waals surface area contributed by atoms with Crippen molar-refractivity contribution in [2.45, 2.75) is 45.3 Å². The molecule has 1 N–H and O–H groups in total. The molecule has 1 aromatic carbocycles. The molecule has 0 aromatic heterocycles. The Balaban J connectivity index is 2.19. The average Bonchev–Trinajstić information content (AvgIpc) is 2.93. The zero-order valence-corrected chi connectivity index (χ0v) is 13.9. The van der Waals surface area contributed by atoms with Crippen LogP contribution in [0.3, 0.4) is 0 Å². The van der Waals surface area contributed by atoms with E-state index in [1.54, 1.807) is 0 Å². The molecule has 2 atom stereocenters. The summed E-state index contributed by atoms with van der Waals surface area (Å²) in [6, 6.07) is 6.52. The van der Waals surface area contributed by atoms with Crippen LogP contribution < -0.4 is 10.1 Å². The standard InChI is InChI=1S/C16H24BrNO2/c1-3-18-15(11-13-6-5-9-20-13)14-10-12(17)7-8-16(14)19-4-2/h7-8,10,13,15,18H,3-6,9,11H2,1-2H3. The van der Waals surface area contributed by atoms with Gasteiger partial charge in [0.1, 0.15) is 5.75 Å². The van der Waals surface area contributed by atoms with Gasteiger partial charge in [0.2, 0.25) is 0 Å². The van der Waals surface area contributed by atoms with Gasteiger partial charge >= 0.3 is 0 Å². The average molecular weight is 342 g/mol. The van der Waals surface area contributed by atoms with E-state index in [0.717, 1.165) is 29.8 Å². The molecule has 1 aromatic rings. The van der Waals surface area contributed by atoms with Gasteiger partial charge in [-0.05, 0) is 50.9 Å². The molecule has 20 heavy (non-hydrogen) atoms. The Morgan fingerprint density at radius 3 is 2.95 bits per heavy atom. The van der Waals surface area contributed by atoms with Gasteiger partial charge in [0.15, 0.2) is 0 Å². The summed E-state index contributed by atoms with van der Waals surface area (Å²) in [5.74, 6) is 0.972. The summed E-state index contributed by atoms with van der Waals surface area (Å²) in [6.07, 6.45) is 3.72. The SMILES string of the molecule is CCNC(CC1CCCO1)c1cc(Br)ccc1OCC. The van der Waals surface area contributed by atoms with E-state index in [2.05, 4.69) is 34.2 Å². The molecule has 0 bridgehead atoms. The smallest absolute Gasteiger partial charge is 0.124 e. The van der Waals surface area contributed by atoms with Crippen molar-refractivity contribution < 1.29 is 9.47 Å². The zero-order valence-electron chi connectivity index (χ0n) is 12.3. The number of ether oxygens (including phenoxy) is 2. The quantitative estimate of drug-likeness (QED) is 0.810. The van der Waals surface area contributed by atoms with Gasteiger partial charge in [-0.15, -0.1) is 0 Å². The van der Waals surface area contributed by atoms with Crippen LogP contribution >= 0.6 is 15.9 Å². The highest BCUT2D eigenvalue weighted by Crippen LogP contribution is 2.33. The summed E-state index contributed by atoms with van der Waals surface area (Å²) in [5.41, 5.74) is 1.22. The third-order valence-electron chi connectivity index (χ3n) is 3.62. The van der Waals surface area contributed by atoms with Crippen molar-refractivity contribution in [1.29, 1.82) is 0 Å². The fourth-order valence-corrected chi connectivity index (χ4v) is 3.12. The molecule has 0 amide bonds. The Kier molecular flexibility index (Phi) is 6.33. The van der Waals surface area contributed by atoms with Crippen LogP contribution in [0.4, 0.5) is 0 Å². The van der Waals surface area contributed by atoms with E-state index < -0.39 is 0 Å². The molecule has 0 radical (unpaired) electrons. The largest absolute Gasteiger partial charge is 0.494 e. The molecule has 112 valence electrons. The van der Waals surface area contributed by atoms with Crippen LogP contribution in [0, 0.1) is 0 Å². The number of nitrogens with one attached hydrogen (secondary N) is 1. The first-order chi connectivity index (χ1) is 9.74. The maximum atomic E-state index is 5.79. The van der Waals surface area contributed by atoms with Crippen molar-refractivity contribution in [1.82, 2.24) is 5.32 Å². The normalized spacial score (nSPS) is 20.1. The lowest BCUT2D eigenvalue weighted by Crippen LogP contribution is -2.25. The first-order valence-corrected chi connectivity index (χ1v) is 8.31. The van der Waals surface area contributed by atoms with Crippen molar-refractivity contribution in [2.24, 2.45) is 0 Å². The van der Waals surface area contributed by atoms with Gasteiger partial charge in [-0.3, -0.25) is 0 Å². The molecule has 0 spiro atoms. The van der Waals surface area contributed by atoms with Crippen LogP contribution in [-0.2, 0) is 4.74 Å². The molecule has 1 aliphatic rings. The number of hydrogen-bond donors (Lipinski definition) is 1.